The number of ether oxygens (including phenoxy) is 1. The molecule has 1 aliphatic carbocycles. The minimum atomic E-state index is -1.91. The topological polar surface area (TPSA) is 49.9 Å². The van der Waals surface area contributed by atoms with Crippen LogP contribution in [-0.2, 0) is 9.53 Å². The minimum absolute atomic E-state index is 0.0187. The highest BCUT2D eigenvalue weighted by Gasteiger charge is 2.51. The van der Waals surface area contributed by atoms with E-state index in [1.165, 1.54) is 0 Å². The number of terminal acetylenes is 1. The summed E-state index contributed by atoms with van der Waals surface area (Å²) in [7, 11) is -1.34. The van der Waals surface area contributed by atoms with E-state index in [1.54, 1.807) is 4.90 Å². The Hall–Kier alpha value is -1.48. The Morgan fingerprint density at radius 1 is 1.38 bits per heavy atom. The van der Waals surface area contributed by atoms with Gasteiger partial charge in [-0.05, 0) is 25.3 Å². The molecule has 3 atom stereocenters. The average molecular weight is 351 g/mol. The molecular weight excluding hydrogens is 320 g/mol. The lowest BCUT2D eigenvalue weighted by atomic mass is 9.95. The summed E-state index contributed by atoms with van der Waals surface area (Å²) in [5, 5.41) is 0. The second kappa shape index (κ2) is 6.44. The second-order valence-corrected chi connectivity index (χ2v) is 13.9. The molecule has 2 bridgehead atoms. The lowest BCUT2D eigenvalue weighted by Gasteiger charge is -2.32. The first-order valence-corrected chi connectivity index (χ1v) is 12.5. The smallest absolute Gasteiger partial charge is 0.409 e. The molecule has 0 unspecified atom stereocenters. The Morgan fingerprint density at radius 3 is 2.67 bits per heavy atom. The molecule has 2 amide bonds. The maximum Gasteiger partial charge on any atom is 0.409 e. The number of carbonyl (C=O) groups is 2. The maximum atomic E-state index is 12.7. The van der Waals surface area contributed by atoms with E-state index in [0.717, 1.165) is 23.8 Å². The number of carbonyl (C=O) groups excluding carboxylic acids is 2. The normalized spacial score (nSPS) is 32.7. The van der Waals surface area contributed by atoms with E-state index in [-0.39, 0.29) is 24.4 Å². The van der Waals surface area contributed by atoms with Gasteiger partial charge in [0.1, 0.15) is 0 Å². The van der Waals surface area contributed by atoms with Crippen LogP contribution in [-0.4, -0.2) is 61.6 Å². The van der Waals surface area contributed by atoms with Gasteiger partial charge in [0.05, 0.1) is 18.7 Å². The van der Waals surface area contributed by atoms with Gasteiger partial charge in [0, 0.05) is 35.7 Å². The van der Waals surface area contributed by atoms with Gasteiger partial charge >= 0.3 is 6.09 Å². The van der Waals surface area contributed by atoms with Gasteiger partial charge in [-0.3, -0.25) is 4.79 Å². The molecule has 0 radical (unpaired) electrons. The molecule has 3 aliphatic rings. The molecule has 5 nitrogen and oxygen atoms in total. The Morgan fingerprint density at radius 2 is 2.08 bits per heavy atom. The quantitative estimate of drug-likeness (QED) is 0.578. The molecule has 2 heterocycles. The zero-order valence-electron chi connectivity index (χ0n) is 16.7. The third-order valence-electron chi connectivity index (χ3n) is 4.97. The molecule has 0 spiro atoms. The van der Waals surface area contributed by atoms with Crippen molar-refractivity contribution in [3.63, 3.8) is 0 Å². The summed E-state index contributed by atoms with van der Waals surface area (Å²) >= 11 is 0. The summed E-state index contributed by atoms with van der Waals surface area (Å²) in [5.74, 6) is 2.09. The summed E-state index contributed by atoms with van der Waals surface area (Å²) in [5.41, 5.74) is 0. The van der Waals surface area contributed by atoms with E-state index >= 15 is 0 Å². The highest BCUT2D eigenvalue weighted by molar-refractivity contribution is 6.76. The fourth-order valence-corrected chi connectivity index (χ4v) is 4.12. The zero-order valence-corrected chi connectivity index (χ0v) is 15.7. The second-order valence-electron chi connectivity index (χ2n) is 8.29. The lowest BCUT2D eigenvalue weighted by Crippen LogP contribution is -2.47. The van der Waals surface area contributed by atoms with Gasteiger partial charge in [-0.25, -0.2) is 4.79 Å². The molecule has 1 saturated carbocycles. The molecule has 0 aromatic rings. The molecule has 0 aromatic carbocycles. The van der Waals surface area contributed by atoms with Gasteiger partial charge in [0.25, 0.3) is 0 Å². The van der Waals surface area contributed by atoms with E-state index in [2.05, 4.69) is 25.6 Å². The minimum Gasteiger partial charge on any atom is -0.450 e. The number of rotatable bonds is 4. The number of hydrogen-bond acceptors (Lipinski definition) is 3. The molecule has 132 valence electrons. The maximum absolute atomic E-state index is 12.7. The molecule has 0 aromatic heterocycles. The van der Waals surface area contributed by atoms with Gasteiger partial charge in [0.15, 0.2) is 0 Å². The van der Waals surface area contributed by atoms with Crippen molar-refractivity contribution in [1.82, 2.24) is 9.80 Å². The first-order chi connectivity index (χ1) is 12.1. The van der Waals surface area contributed by atoms with E-state index in [0.29, 0.717) is 13.0 Å². The molecule has 3 fully saturated rings. The largest absolute Gasteiger partial charge is 0.450 e. The summed E-state index contributed by atoms with van der Waals surface area (Å²) in [6, 6.07) is 0.0206. The number of amides is 2. The third kappa shape index (κ3) is 3.61. The number of fused-ring (bicyclic) bond motifs is 2. The monoisotopic (exact) mass is 350 g/mol. The van der Waals surface area contributed by atoms with Crippen molar-refractivity contribution in [2.24, 2.45) is 11.8 Å². The highest BCUT2D eigenvalue weighted by Crippen LogP contribution is 2.40. The molecule has 0 N–H and O–H groups in total. The predicted molar refractivity (Wildman–Crippen MR) is 95.2 cm³/mol. The van der Waals surface area contributed by atoms with Crippen LogP contribution in [0.2, 0.25) is 25.7 Å². The van der Waals surface area contributed by atoms with Crippen LogP contribution < -0.4 is 0 Å². The van der Waals surface area contributed by atoms with E-state index in [9.17, 15) is 9.59 Å². The Bertz CT molecular complexity index is 639. The van der Waals surface area contributed by atoms with Crippen LogP contribution in [0, 0.1) is 24.2 Å². The third-order valence-corrected chi connectivity index (χ3v) is 6.67. The van der Waals surface area contributed by atoms with Gasteiger partial charge in [-0.15, -0.1) is 6.42 Å². The van der Waals surface area contributed by atoms with Crippen molar-refractivity contribution >= 4 is 20.1 Å². The highest BCUT2D eigenvalue weighted by atomic mass is 28.3. The van der Waals surface area contributed by atoms with Crippen LogP contribution in [0.4, 0.5) is 4.79 Å². The summed E-state index contributed by atoms with van der Waals surface area (Å²) in [6.45, 7) is 5.12. The van der Waals surface area contributed by atoms with Gasteiger partial charge in [-0.2, -0.15) is 0 Å². The summed E-state index contributed by atoms with van der Waals surface area (Å²) in [4.78, 5) is 28.1. The average Bonchev–Trinajstić information content (AvgIpc) is 3.31. The van der Waals surface area contributed by atoms with Crippen molar-refractivity contribution in [2.45, 2.75) is 57.0 Å². The van der Waals surface area contributed by atoms with Crippen molar-refractivity contribution in [3.05, 3.63) is 0 Å². The standard InChI is InChI=1S/C18H28N2O3Si/c1-5-16-14-10-15(20(16)17(21)13-6-7-13)12-19(11-14)18(22)23-8-9-24(2,3)4/h1,13-16H,6-12H2,2-4H3/t14-,15+,16-/m0/s1/i11D2. The Balaban J connectivity index is 1.74. The SMILES string of the molecule is [2H]C1([2H])[C@@H]2C[C@H](CN1C(=O)OCC[Si](C)(C)C)N(C(=O)C1CC1)[C@H]2C#C. The van der Waals surface area contributed by atoms with Crippen LogP contribution in [0.25, 0.3) is 0 Å². The fraction of sp³-hybridized carbons (Fsp3) is 0.778. The Kier molecular flexibility index (Phi) is 3.98. The predicted octanol–water partition coefficient (Wildman–Crippen LogP) is 2.41. The molecular formula is C18H28N2O3Si. The Labute approximate surface area is 148 Å². The number of nitrogens with zero attached hydrogens (tertiary/aromatic N) is 2. The molecule has 3 rings (SSSR count). The molecule has 24 heavy (non-hydrogen) atoms. The molecule has 6 heteroatoms. The number of piperidine rings is 1. The van der Waals surface area contributed by atoms with Crippen LogP contribution >= 0.6 is 0 Å². The van der Waals surface area contributed by atoms with Crippen molar-refractivity contribution in [2.75, 3.05) is 19.6 Å². The molecule has 2 aliphatic heterocycles. The van der Waals surface area contributed by atoms with Gasteiger partial charge < -0.3 is 14.5 Å². The zero-order chi connectivity index (χ0) is 19.3. The van der Waals surface area contributed by atoms with Crippen LogP contribution in [0.1, 0.15) is 22.0 Å². The number of hydrogen-bond donors (Lipinski definition) is 0. The number of likely N-dealkylation sites (tertiary alicyclic amines) is 2. The van der Waals surface area contributed by atoms with Crippen LogP contribution in [0.3, 0.4) is 0 Å². The van der Waals surface area contributed by atoms with Crippen molar-refractivity contribution in [1.29, 1.82) is 0 Å². The van der Waals surface area contributed by atoms with E-state index in [1.807, 2.05) is 0 Å². The van der Waals surface area contributed by atoms with Crippen LogP contribution in [0.15, 0.2) is 0 Å². The van der Waals surface area contributed by atoms with E-state index in [4.69, 9.17) is 13.9 Å². The summed E-state index contributed by atoms with van der Waals surface area (Å²) in [6.07, 6.45) is 7.28. The van der Waals surface area contributed by atoms with Gasteiger partial charge in [0.2, 0.25) is 5.91 Å². The molecule has 2 saturated heterocycles. The lowest BCUT2D eigenvalue weighted by molar-refractivity contribution is -0.134. The van der Waals surface area contributed by atoms with Crippen molar-refractivity contribution in [3.8, 4) is 12.3 Å². The van der Waals surface area contributed by atoms with Gasteiger partial charge in [-0.1, -0.05) is 25.6 Å². The summed E-state index contributed by atoms with van der Waals surface area (Å²) < 4.78 is 22.4. The van der Waals surface area contributed by atoms with Crippen molar-refractivity contribution < 1.29 is 17.1 Å². The fourth-order valence-electron chi connectivity index (χ4n) is 3.41. The first-order valence-electron chi connectivity index (χ1n) is 9.79. The first kappa shape index (κ1) is 14.8. The van der Waals surface area contributed by atoms with Crippen LogP contribution in [0.5, 0.6) is 0 Å². The van der Waals surface area contributed by atoms with E-state index < -0.39 is 32.6 Å².